The molecule has 0 aliphatic carbocycles. The van der Waals surface area contributed by atoms with E-state index in [1.54, 1.807) is 0 Å². The molecule has 1 saturated heterocycles. The third kappa shape index (κ3) is 2.73. The topological polar surface area (TPSA) is 20.3 Å². The van der Waals surface area contributed by atoms with Gasteiger partial charge in [0.2, 0.25) is 5.91 Å². The van der Waals surface area contributed by atoms with E-state index in [0.29, 0.717) is 17.7 Å². The van der Waals surface area contributed by atoms with E-state index in [4.69, 9.17) is 0 Å². The quantitative estimate of drug-likeness (QED) is 0.584. The van der Waals surface area contributed by atoms with Crippen molar-refractivity contribution in [2.75, 3.05) is 13.1 Å². The Balaban J connectivity index is 2.64. The summed E-state index contributed by atoms with van der Waals surface area (Å²) in [6, 6.07) is 0. The zero-order chi connectivity index (χ0) is 10.9. The van der Waals surface area contributed by atoms with Crippen LogP contribution in [0.2, 0.25) is 0 Å². The molecule has 1 fully saturated rings. The lowest BCUT2D eigenvalue weighted by Gasteiger charge is -2.38. The van der Waals surface area contributed by atoms with E-state index in [1.165, 1.54) is 6.42 Å². The maximum Gasteiger partial charge on any atom is 0.227 e. The summed E-state index contributed by atoms with van der Waals surface area (Å²) >= 11 is 0. The number of piperidine rings is 1. The van der Waals surface area contributed by atoms with Gasteiger partial charge in [-0.05, 0) is 18.3 Å². The summed E-state index contributed by atoms with van der Waals surface area (Å²) < 4.78 is 0. The first kappa shape index (κ1) is 11.5. The van der Waals surface area contributed by atoms with Crippen molar-refractivity contribution < 1.29 is 4.79 Å². The van der Waals surface area contributed by atoms with Crippen molar-refractivity contribution in [3.63, 3.8) is 0 Å². The number of amides is 1. The average molecular weight is 197 g/mol. The third-order valence-corrected chi connectivity index (χ3v) is 2.80. The predicted octanol–water partition coefficient (Wildman–Crippen LogP) is 2.54. The summed E-state index contributed by atoms with van der Waals surface area (Å²) in [5.41, 5.74) is -0.225. The Bertz CT molecular complexity index is 207. The number of hydrogen-bond acceptors (Lipinski definition) is 1. The molecule has 1 amide bonds. The van der Waals surface area contributed by atoms with Crippen LogP contribution in [0.4, 0.5) is 0 Å². The summed E-state index contributed by atoms with van der Waals surface area (Å²) in [5.74, 6) is 1.62. The second kappa shape index (κ2) is 3.92. The van der Waals surface area contributed by atoms with Crippen molar-refractivity contribution in [1.82, 2.24) is 4.90 Å². The monoisotopic (exact) mass is 197 g/mol. The summed E-state index contributed by atoms with van der Waals surface area (Å²) in [5, 5.41) is 0. The standard InChI is InChI=1S/C12H23NO/c1-9-6-10(2)8-13(7-9)11(14)12(3,4)5/h9-10H,6-8H2,1-5H3/t9-,10-/m1/s1. The Labute approximate surface area is 87.7 Å². The second-order valence-electron chi connectivity index (χ2n) is 5.91. The van der Waals surface area contributed by atoms with Gasteiger partial charge in [0.15, 0.2) is 0 Å². The molecular formula is C12H23NO. The minimum Gasteiger partial charge on any atom is -0.342 e. The van der Waals surface area contributed by atoms with Crippen LogP contribution in [-0.4, -0.2) is 23.9 Å². The van der Waals surface area contributed by atoms with E-state index in [2.05, 4.69) is 13.8 Å². The molecule has 0 N–H and O–H groups in total. The Morgan fingerprint density at radius 1 is 1.14 bits per heavy atom. The molecule has 14 heavy (non-hydrogen) atoms. The van der Waals surface area contributed by atoms with E-state index >= 15 is 0 Å². The fourth-order valence-corrected chi connectivity index (χ4v) is 2.30. The molecule has 0 spiro atoms. The number of nitrogens with zero attached hydrogens (tertiary/aromatic N) is 1. The van der Waals surface area contributed by atoms with Gasteiger partial charge in [0.05, 0.1) is 0 Å². The van der Waals surface area contributed by atoms with Crippen molar-refractivity contribution in [1.29, 1.82) is 0 Å². The normalized spacial score (nSPS) is 29.1. The molecule has 2 atom stereocenters. The molecule has 2 heteroatoms. The van der Waals surface area contributed by atoms with Crippen LogP contribution in [0.3, 0.4) is 0 Å². The molecule has 0 aromatic heterocycles. The first-order chi connectivity index (χ1) is 6.30. The minimum absolute atomic E-state index is 0.225. The van der Waals surface area contributed by atoms with Gasteiger partial charge in [-0.3, -0.25) is 4.79 Å². The lowest BCUT2D eigenvalue weighted by Crippen LogP contribution is -2.47. The van der Waals surface area contributed by atoms with Crippen LogP contribution in [0, 0.1) is 17.3 Å². The van der Waals surface area contributed by atoms with Crippen LogP contribution in [0.25, 0.3) is 0 Å². The minimum atomic E-state index is -0.225. The van der Waals surface area contributed by atoms with Crippen molar-refractivity contribution >= 4 is 5.91 Å². The van der Waals surface area contributed by atoms with Crippen LogP contribution >= 0.6 is 0 Å². The lowest BCUT2D eigenvalue weighted by molar-refractivity contribution is -0.142. The molecular weight excluding hydrogens is 174 g/mol. The average Bonchev–Trinajstić information content (AvgIpc) is 1.99. The largest absolute Gasteiger partial charge is 0.342 e. The third-order valence-electron chi connectivity index (χ3n) is 2.80. The van der Waals surface area contributed by atoms with E-state index in [0.717, 1.165) is 13.1 Å². The van der Waals surface area contributed by atoms with Gasteiger partial charge in [0, 0.05) is 18.5 Å². The molecule has 0 unspecified atom stereocenters. The number of hydrogen-bond donors (Lipinski definition) is 0. The van der Waals surface area contributed by atoms with Gasteiger partial charge >= 0.3 is 0 Å². The van der Waals surface area contributed by atoms with Crippen molar-refractivity contribution in [3.8, 4) is 0 Å². The van der Waals surface area contributed by atoms with Gasteiger partial charge in [-0.1, -0.05) is 34.6 Å². The molecule has 1 aliphatic rings. The highest BCUT2D eigenvalue weighted by Crippen LogP contribution is 2.25. The van der Waals surface area contributed by atoms with Gasteiger partial charge in [0.25, 0.3) is 0 Å². The summed E-state index contributed by atoms with van der Waals surface area (Å²) in [4.78, 5) is 14.1. The maximum absolute atomic E-state index is 12.0. The van der Waals surface area contributed by atoms with Crippen molar-refractivity contribution in [2.24, 2.45) is 17.3 Å². The smallest absolute Gasteiger partial charge is 0.227 e. The number of carbonyl (C=O) groups is 1. The molecule has 0 aromatic carbocycles. The van der Waals surface area contributed by atoms with Gasteiger partial charge in [-0.2, -0.15) is 0 Å². The van der Waals surface area contributed by atoms with Crippen molar-refractivity contribution in [3.05, 3.63) is 0 Å². The fourth-order valence-electron chi connectivity index (χ4n) is 2.30. The molecule has 0 radical (unpaired) electrons. The molecule has 0 aromatic rings. The van der Waals surface area contributed by atoms with E-state index < -0.39 is 0 Å². The maximum atomic E-state index is 12.0. The SMILES string of the molecule is C[C@@H]1C[C@@H](C)CN(C(=O)C(C)(C)C)C1. The Morgan fingerprint density at radius 2 is 1.57 bits per heavy atom. The highest BCUT2D eigenvalue weighted by molar-refractivity contribution is 5.81. The second-order valence-corrected chi connectivity index (χ2v) is 5.91. The molecule has 2 nitrogen and oxygen atoms in total. The molecule has 0 saturated carbocycles. The van der Waals surface area contributed by atoms with E-state index in [-0.39, 0.29) is 5.41 Å². The zero-order valence-corrected chi connectivity index (χ0v) is 10.1. The van der Waals surface area contributed by atoms with Gasteiger partial charge in [-0.15, -0.1) is 0 Å². The molecule has 1 aliphatic heterocycles. The van der Waals surface area contributed by atoms with E-state index in [9.17, 15) is 4.79 Å². The number of rotatable bonds is 0. The number of likely N-dealkylation sites (tertiary alicyclic amines) is 1. The number of carbonyl (C=O) groups excluding carboxylic acids is 1. The van der Waals surface area contributed by atoms with Gasteiger partial charge < -0.3 is 4.90 Å². The fraction of sp³-hybridized carbons (Fsp3) is 0.917. The van der Waals surface area contributed by atoms with Gasteiger partial charge in [0.1, 0.15) is 0 Å². The van der Waals surface area contributed by atoms with Gasteiger partial charge in [-0.25, -0.2) is 0 Å². The molecule has 1 heterocycles. The first-order valence-corrected chi connectivity index (χ1v) is 5.60. The molecule has 1 rings (SSSR count). The molecule has 82 valence electrons. The first-order valence-electron chi connectivity index (χ1n) is 5.60. The summed E-state index contributed by atoms with van der Waals surface area (Å²) in [7, 11) is 0. The predicted molar refractivity (Wildman–Crippen MR) is 59.0 cm³/mol. The Morgan fingerprint density at radius 3 is 1.93 bits per heavy atom. The highest BCUT2D eigenvalue weighted by Gasteiger charge is 2.31. The highest BCUT2D eigenvalue weighted by atomic mass is 16.2. The Hall–Kier alpha value is -0.530. The van der Waals surface area contributed by atoms with Crippen LogP contribution in [0.15, 0.2) is 0 Å². The van der Waals surface area contributed by atoms with Crippen molar-refractivity contribution in [2.45, 2.75) is 41.0 Å². The zero-order valence-electron chi connectivity index (χ0n) is 10.1. The van der Waals surface area contributed by atoms with Crippen LogP contribution in [-0.2, 0) is 4.79 Å². The summed E-state index contributed by atoms with van der Waals surface area (Å²) in [6.07, 6.45) is 1.26. The van der Waals surface area contributed by atoms with Crippen LogP contribution in [0.1, 0.15) is 41.0 Å². The van der Waals surface area contributed by atoms with Crippen LogP contribution < -0.4 is 0 Å². The molecule has 0 bridgehead atoms. The van der Waals surface area contributed by atoms with E-state index in [1.807, 2.05) is 25.7 Å². The van der Waals surface area contributed by atoms with Crippen LogP contribution in [0.5, 0.6) is 0 Å². The lowest BCUT2D eigenvalue weighted by atomic mass is 9.88. The Kier molecular flexibility index (Phi) is 3.23. The summed E-state index contributed by atoms with van der Waals surface area (Å²) in [6.45, 7) is 12.4.